The fourth-order valence-corrected chi connectivity index (χ4v) is 2.42. The molecule has 0 radical (unpaired) electrons. The molecule has 0 unspecified atom stereocenters. The number of hydrogen-bond acceptors (Lipinski definition) is 4. The molecule has 1 aromatic rings. The minimum absolute atomic E-state index is 0.188. The number of aromatic nitrogens is 1. The molecule has 1 N–H and O–H groups in total. The summed E-state index contributed by atoms with van der Waals surface area (Å²) in [5.41, 5.74) is 2.93. The molecular weight excluding hydrogens is 224 g/mol. The molecule has 4 nitrogen and oxygen atoms in total. The Hall–Kier alpha value is -1.89. The number of anilines is 1. The quantitative estimate of drug-likeness (QED) is 0.810. The summed E-state index contributed by atoms with van der Waals surface area (Å²) in [5, 5.41) is 16.4. The second kappa shape index (κ2) is 5.18. The summed E-state index contributed by atoms with van der Waals surface area (Å²) in [5.74, 6) is 1.17. The summed E-state index contributed by atoms with van der Waals surface area (Å²) < 4.78 is 0. The van der Waals surface area contributed by atoms with E-state index in [1.54, 1.807) is 0 Å². The van der Waals surface area contributed by atoms with Crippen molar-refractivity contribution >= 4 is 12.0 Å². The largest absolute Gasteiger partial charge is 0.356 e. The van der Waals surface area contributed by atoms with Crippen molar-refractivity contribution in [3.63, 3.8) is 0 Å². The second-order valence-electron chi connectivity index (χ2n) is 4.84. The lowest BCUT2D eigenvalue weighted by Gasteiger charge is -2.31. The van der Waals surface area contributed by atoms with Crippen molar-refractivity contribution in [3.05, 3.63) is 22.9 Å². The van der Waals surface area contributed by atoms with Crippen molar-refractivity contribution in [2.45, 2.75) is 26.7 Å². The van der Waals surface area contributed by atoms with Crippen LogP contribution in [0.3, 0.4) is 0 Å². The lowest BCUT2D eigenvalue weighted by atomic mass is 9.98. The molecule has 0 atom stereocenters. The molecule has 1 aromatic heterocycles. The van der Waals surface area contributed by atoms with Gasteiger partial charge in [0.25, 0.3) is 0 Å². The summed E-state index contributed by atoms with van der Waals surface area (Å²) in [6.07, 6.45) is 3.20. The molecule has 0 aliphatic carbocycles. The lowest BCUT2D eigenvalue weighted by Crippen LogP contribution is -2.34. The normalized spacial score (nSPS) is 16.4. The molecule has 2 heterocycles. The van der Waals surface area contributed by atoms with E-state index in [1.807, 2.05) is 19.9 Å². The smallest absolute Gasteiger partial charge is 0.132 e. The Labute approximate surface area is 108 Å². The van der Waals surface area contributed by atoms with Crippen molar-refractivity contribution in [2.75, 3.05) is 18.0 Å². The highest BCUT2D eigenvalue weighted by atomic mass is 15.2. The summed E-state index contributed by atoms with van der Waals surface area (Å²) in [4.78, 5) is 6.83. The molecule has 1 aliphatic rings. The SMILES string of the molecule is Cc1cc(C=N)c(C)c(N2CCC(C#N)CC2)n1. The zero-order valence-corrected chi connectivity index (χ0v) is 10.9. The highest BCUT2D eigenvalue weighted by Gasteiger charge is 2.21. The Morgan fingerprint density at radius 3 is 2.67 bits per heavy atom. The number of piperidine rings is 1. The third kappa shape index (κ3) is 2.35. The van der Waals surface area contributed by atoms with Crippen LogP contribution in [0, 0.1) is 36.5 Å². The molecule has 94 valence electrons. The number of nitrogens with one attached hydrogen (secondary N) is 1. The molecule has 2 rings (SSSR count). The molecular formula is C14H18N4. The van der Waals surface area contributed by atoms with Crippen LogP contribution in [0.5, 0.6) is 0 Å². The van der Waals surface area contributed by atoms with Crippen molar-refractivity contribution in [1.29, 1.82) is 10.7 Å². The van der Waals surface area contributed by atoms with Crippen LogP contribution in [0.25, 0.3) is 0 Å². The van der Waals surface area contributed by atoms with Gasteiger partial charge in [-0.2, -0.15) is 5.26 Å². The van der Waals surface area contributed by atoms with Crippen molar-refractivity contribution in [1.82, 2.24) is 4.98 Å². The van der Waals surface area contributed by atoms with Crippen LogP contribution < -0.4 is 4.90 Å². The van der Waals surface area contributed by atoms with E-state index in [2.05, 4.69) is 16.0 Å². The average Bonchev–Trinajstić information content (AvgIpc) is 2.41. The summed E-state index contributed by atoms with van der Waals surface area (Å²) in [6, 6.07) is 4.28. The van der Waals surface area contributed by atoms with Crippen LogP contribution in [0.1, 0.15) is 29.7 Å². The number of nitriles is 1. The molecule has 1 saturated heterocycles. The van der Waals surface area contributed by atoms with E-state index >= 15 is 0 Å². The highest BCUT2D eigenvalue weighted by molar-refractivity contribution is 5.81. The Kier molecular flexibility index (Phi) is 3.61. The molecule has 0 bridgehead atoms. The second-order valence-corrected chi connectivity index (χ2v) is 4.84. The molecule has 1 aliphatic heterocycles. The van der Waals surface area contributed by atoms with E-state index in [0.29, 0.717) is 0 Å². The van der Waals surface area contributed by atoms with Gasteiger partial charge in [-0.25, -0.2) is 4.98 Å². The number of aryl methyl sites for hydroxylation is 1. The predicted molar refractivity (Wildman–Crippen MR) is 72.1 cm³/mol. The minimum atomic E-state index is 0.188. The molecule has 0 saturated carbocycles. The molecule has 0 spiro atoms. The Morgan fingerprint density at radius 2 is 2.11 bits per heavy atom. The highest BCUT2D eigenvalue weighted by Crippen LogP contribution is 2.26. The summed E-state index contributed by atoms with van der Waals surface area (Å²) in [6.45, 7) is 5.73. The van der Waals surface area contributed by atoms with Gasteiger partial charge in [0.05, 0.1) is 6.07 Å². The number of hydrogen-bond donors (Lipinski definition) is 1. The van der Waals surface area contributed by atoms with Crippen LogP contribution in [0.4, 0.5) is 5.82 Å². The third-order valence-electron chi connectivity index (χ3n) is 3.55. The zero-order valence-electron chi connectivity index (χ0n) is 10.9. The van der Waals surface area contributed by atoms with Crippen molar-refractivity contribution in [2.24, 2.45) is 5.92 Å². The first kappa shape index (κ1) is 12.6. The van der Waals surface area contributed by atoms with Gasteiger partial charge in [-0.1, -0.05) is 0 Å². The number of pyridine rings is 1. The predicted octanol–water partition coefficient (Wildman–Crippen LogP) is 2.44. The first-order valence-corrected chi connectivity index (χ1v) is 6.29. The van der Waals surface area contributed by atoms with Crippen LogP contribution in [0.2, 0.25) is 0 Å². The van der Waals surface area contributed by atoms with Gasteiger partial charge in [0.2, 0.25) is 0 Å². The Morgan fingerprint density at radius 1 is 1.44 bits per heavy atom. The molecule has 0 amide bonds. The van der Waals surface area contributed by atoms with Gasteiger partial charge in [-0.15, -0.1) is 0 Å². The summed E-state index contributed by atoms with van der Waals surface area (Å²) >= 11 is 0. The molecule has 4 heteroatoms. The van der Waals surface area contributed by atoms with Gasteiger partial charge in [0, 0.05) is 42.0 Å². The fraction of sp³-hybridized carbons (Fsp3) is 0.500. The van der Waals surface area contributed by atoms with Crippen LogP contribution >= 0.6 is 0 Å². The van der Waals surface area contributed by atoms with Crippen LogP contribution in [0.15, 0.2) is 6.07 Å². The van der Waals surface area contributed by atoms with Crippen LogP contribution in [-0.4, -0.2) is 24.3 Å². The summed E-state index contributed by atoms with van der Waals surface area (Å²) in [7, 11) is 0. The average molecular weight is 242 g/mol. The van der Waals surface area contributed by atoms with E-state index in [1.165, 1.54) is 6.21 Å². The molecule has 1 fully saturated rings. The van der Waals surface area contributed by atoms with Crippen molar-refractivity contribution < 1.29 is 0 Å². The van der Waals surface area contributed by atoms with Gasteiger partial charge < -0.3 is 10.3 Å². The maximum absolute atomic E-state index is 8.91. The fourth-order valence-electron chi connectivity index (χ4n) is 2.42. The van der Waals surface area contributed by atoms with Crippen molar-refractivity contribution in [3.8, 4) is 6.07 Å². The molecule has 0 aromatic carbocycles. The van der Waals surface area contributed by atoms with E-state index < -0.39 is 0 Å². The van der Waals surface area contributed by atoms with E-state index in [9.17, 15) is 0 Å². The van der Waals surface area contributed by atoms with Gasteiger partial charge in [0.1, 0.15) is 5.82 Å². The topological polar surface area (TPSA) is 63.8 Å². The van der Waals surface area contributed by atoms with E-state index in [0.717, 1.165) is 48.6 Å². The van der Waals surface area contributed by atoms with Crippen LogP contribution in [-0.2, 0) is 0 Å². The zero-order chi connectivity index (χ0) is 13.1. The Balaban J connectivity index is 2.27. The minimum Gasteiger partial charge on any atom is -0.356 e. The maximum Gasteiger partial charge on any atom is 0.132 e. The maximum atomic E-state index is 8.91. The van der Waals surface area contributed by atoms with E-state index in [-0.39, 0.29) is 5.92 Å². The van der Waals surface area contributed by atoms with Gasteiger partial charge in [-0.3, -0.25) is 0 Å². The Bertz CT molecular complexity index is 493. The first-order chi connectivity index (χ1) is 8.65. The van der Waals surface area contributed by atoms with Gasteiger partial charge in [-0.05, 0) is 32.8 Å². The van der Waals surface area contributed by atoms with Gasteiger partial charge >= 0.3 is 0 Å². The monoisotopic (exact) mass is 242 g/mol. The third-order valence-corrected chi connectivity index (χ3v) is 3.55. The van der Waals surface area contributed by atoms with Gasteiger partial charge in [0.15, 0.2) is 0 Å². The first-order valence-electron chi connectivity index (χ1n) is 6.29. The number of rotatable bonds is 2. The standard InChI is InChI=1S/C14H18N4/c1-10-7-13(9-16)11(2)14(17-10)18-5-3-12(8-15)4-6-18/h7,9,12,16H,3-6H2,1-2H3. The molecule has 18 heavy (non-hydrogen) atoms. The van der Waals surface area contributed by atoms with E-state index in [4.69, 9.17) is 10.7 Å². The lowest BCUT2D eigenvalue weighted by molar-refractivity contribution is 0.484. The number of nitrogens with zero attached hydrogens (tertiary/aromatic N) is 3.